The highest BCUT2D eigenvalue weighted by Crippen LogP contribution is 2.15. The van der Waals surface area contributed by atoms with Gasteiger partial charge in [-0.2, -0.15) is 0 Å². The van der Waals surface area contributed by atoms with Crippen LogP contribution in [0, 0.1) is 12.7 Å². The number of aromatic hydroxyl groups is 1. The summed E-state index contributed by atoms with van der Waals surface area (Å²) in [5, 5.41) is 9.21. The minimum absolute atomic E-state index is 0.0753. The predicted octanol–water partition coefficient (Wildman–Crippen LogP) is 3.11. The summed E-state index contributed by atoms with van der Waals surface area (Å²) in [5.74, 6) is -0.704. The molecular formula is C16H16FNO2. The number of nitrogens with zero attached hydrogens (tertiary/aromatic N) is 1. The van der Waals surface area contributed by atoms with Gasteiger partial charge in [0.05, 0.1) is 5.56 Å². The van der Waals surface area contributed by atoms with Gasteiger partial charge < -0.3 is 10.0 Å². The Morgan fingerprint density at radius 3 is 2.50 bits per heavy atom. The number of carbonyl (C=O) groups excluding carboxylic acids is 1. The molecule has 20 heavy (non-hydrogen) atoms. The number of phenolic OH excluding ortho intramolecular Hbond substituents is 1. The fraction of sp³-hybridized carbons (Fsp3) is 0.188. The first-order valence-electron chi connectivity index (χ1n) is 6.27. The normalized spacial score (nSPS) is 10.3. The van der Waals surface area contributed by atoms with E-state index in [1.54, 1.807) is 43.4 Å². The van der Waals surface area contributed by atoms with Crippen LogP contribution in [0.2, 0.25) is 0 Å². The van der Waals surface area contributed by atoms with Gasteiger partial charge in [0.25, 0.3) is 5.91 Å². The fourth-order valence-corrected chi connectivity index (χ4v) is 1.96. The molecule has 0 atom stereocenters. The van der Waals surface area contributed by atoms with E-state index in [1.807, 2.05) is 6.92 Å². The van der Waals surface area contributed by atoms with Crippen molar-refractivity contribution in [2.75, 3.05) is 7.05 Å². The van der Waals surface area contributed by atoms with E-state index in [0.29, 0.717) is 6.54 Å². The summed E-state index contributed by atoms with van der Waals surface area (Å²) >= 11 is 0. The largest absolute Gasteiger partial charge is 0.508 e. The second kappa shape index (κ2) is 5.74. The molecule has 2 aromatic rings. The quantitative estimate of drug-likeness (QED) is 0.933. The summed E-state index contributed by atoms with van der Waals surface area (Å²) in [6.45, 7) is 2.17. The molecule has 3 nitrogen and oxygen atoms in total. The van der Waals surface area contributed by atoms with Crippen molar-refractivity contribution in [2.24, 2.45) is 0 Å². The van der Waals surface area contributed by atoms with Crippen molar-refractivity contribution in [1.82, 2.24) is 4.90 Å². The lowest BCUT2D eigenvalue weighted by atomic mass is 10.1. The maximum atomic E-state index is 13.7. The minimum Gasteiger partial charge on any atom is -0.508 e. The van der Waals surface area contributed by atoms with Crippen LogP contribution in [-0.4, -0.2) is 23.0 Å². The Hall–Kier alpha value is -2.36. The predicted molar refractivity (Wildman–Crippen MR) is 75.0 cm³/mol. The van der Waals surface area contributed by atoms with E-state index in [0.717, 1.165) is 11.1 Å². The molecule has 1 amide bonds. The standard InChI is InChI=1S/C16H16FNO2/c1-11-3-8-15(17)14(9-11)16(20)18(2)10-12-4-6-13(19)7-5-12/h3-9,19H,10H2,1-2H3. The molecule has 0 bridgehead atoms. The number of aryl methyl sites for hydroxylation is 1. The molecule has 0 aromatic heterocycles. The minimum atomic E-state index is -0.516. The first kappa shape index (κ1) is 14.1. The van der Waals surface area contributed by atoms with Crippen LogP contribution in [0.4, 0.5) is 4.39 Å². The monoisotopic (exact) mass is 273 g/mol. The number of amides is 1. The molecule has 4 heteroatoms. The first-order valence-corrected chi connectivity index (χ1v) is 6.27. The van der Waals surface area contributed by atoms with E-state index in [4.69, 9.17) is 0 Å². The second-order valence-corrected chi connectivity index (χ2v) is 4.81. The van der Waals surface area contributed by atoms with Crippen molar-refractivity contribution in [1.29, 1.82) is 0 Å². The molecule has 2 aromatic carbocycles. The Morgan fingerprint density at radius 1 is 1.20 bits per heavy atom. The lowest BCUT2D eigenvalue weighted by Gasteiger charge is -2.18. The zero-order chi connectivity index (χ0) is 14.7. The van der Waals surface area contributed by atoms with Crippen LogP contribution in [-0.2, 0) is 6.54 Å². The molecule has 0 aliphatic rings. The Morgan fingerprint density at radius 2 is 1.85 bits per heavy atom. The molecule has 0 radical (unpaired) electrons. The summed E-state index contributed by atoms with van der Waals surface area (Å²) in [6, 6.07) is 11.0. The summed E-state index contributed by atoms with van der Waals surface area (Å²) in [6.07, 6.45) is 0. The van der Waals surface area contributed by atoms with Gasteiger partial charge in [-0.1, -0.05) is 23.8 Å². The summed E-state index contributed by atoms with van der Waals surface area (Å²) < 4.78 is 13.7. The third-order valence-electron chi connectivity index (χ3n) is 3.06. The van der Waals surface area contributed by atoms with Crippen LogP contribution in [0.1, 0.15) is 21.5 Å². The number of rotatable bonds is 3. The Kier molecular flexibility index (Phi) is 4.03. The van der Waals surface area contributed by atoms with Crippen LogP contribution in [0.3, 0.4) is 0 Å². The molecular weight excluding hydrogens is 257 g/mol. The van der Waals surface area contributed by atoms with E-state index in [2.05, 4.69) is 0 Å². The van der Waals surface area contributed by atoms with E-state index in [9.17, 15) is 14.3 Å². The van der Waals surface area contributed by atoms with E-state index < -0.39 is 5.82 Å². The van der Waals surface area contributed by atoms with Crippen LogP contribution >= 0.6 is 0 Å². The first-order chi connectivity index (χ1) is 9.47. The van der Waals surface area contributed by atoms with Crippen LogP contribution < -0.4 is 0 Å². The lowest BCUT2D eigenvalue weighted by Crippen LogP contribution is -2.27. The molecule has 0 heterocycles. The van der Waals surface area contributed by atoms with Crippen LogP contribution in [0.25, 0.3) is 0 Å². The van der Waals surface area contributed by atoms with Crippen molar-refractivity contribution in [2.45, 2.75) is 13.5 Å². The van der Waals surface area contributed by atoms with Crippen LogP contribution in [0.15, 0.2) is 42.5 Å². The molecule has 1 N–H and O–H groups in total. The van der Waals surface area contributed by atoms with Gasteiger partial charge in [0, 0.05) is 13.6 Å². The SMILES string of the molecule is Cc1ccc(F)c(C(=O)N(C)Cc2ccc(O)cc2)c1. The van der Waals surface area contributed by atoms with E-state index in [-0.39, 0.29) is 17.2 Å². The molecule has 0 saturated heterocycles. The summed E-state index contributed by atoms with van der Waals surface area (Å²) in [7, 11) is 1.62. The highest BCUT2D eigenvalue weighted by Gasteiger charge is 2.16. The number of hydrogen-bond acceptors (Lipinski definition) is 2. The van der Waals surface area contributed by atoms with Gasteiger partial charge in [0.15, 0.2) is 0 Å². The molecule has 2 rings (SSSR count). The number of phenols is 1. The Balaban J connectivity index is 2.16. The number of carbonyl (C=O) groups is 1. The van der Waals surface area contributed by atoms with Gasteiger partial charge in [-0.25, -0.2) is 4.39 Å². The fourth-order valence-electron chi connectivity index (χ4n) is 1.96. The van der Waals surface area contributed by atoms with Gasteiger partial charge >= 0.3 is 0 Å². The van der Waals surface area contributed by atoms with Gasteiger partial charge in [-0.3, -0.25) is 4.79 Å². The van der Waals surface area contributed by atoms with Gasteiger partial charge in [0.2, 0.25) is 0 Å². The molecule has 0 aliphatic carbocycles. The summed E-state index contributed by atoms with van der Waals surface area (Å²) in [4.78, 5) is 13.7. The third-order valence-corrected chi connectivity index (χ3v) is 3.06. The highest BCUT2D eigenvalue weighted by atomic mass is 19.1. The number of hydrogen-bond donors (Lipinski definition) is 1. The Bertz CT molecular complexity index is 623. The van der Waals surface area contributed by atoms with Gasteiger partial charge in [-0.15, -0.1) is 0 Å². The molecule has 0 aliphatic heterocycles. The maximum absolute atomic E-state index is 13.7. The second-order valence-electron chi connectivity index (χ2n) is 4.81. The average Bonchev–Trinajstić information content (AvgIpc) is 2.43. The van der Waals surface area contributed by atoms with Crippen molar-refractivity contribution in [3.8, 4) is 5.75 Å². The zero-order valence-corrected chi connectivity index (χ0v) is 11.4. The topological polar surface area (TPSA) is 40.5 Å². The van der Waals surface area contributed by atoms with E-state index in [1.165, 1.54) is 11.0 Å². The van der Waals surface area contributed by atoms with Gasteiger partial charge in [0.1, 0.15) is 11.6 Å². The average molecular weight is 273 g/mol. The maximum Gasteiger partial charge on any atom is 0.256 e. The molecule has 0 spiro atoms. The zero-order valence-electron chi connectivity index (χ0n) is 11.4. The van der Waals surface area contributed by atoms with Crippen molar-refractivity contribution >= 4 is 5.91 Å². The smallest absolute Gasteiger partial charge is 0.256 e. The molecule has 104 valence electrons. The van der Waals surface area contributed by atoms with Crippen molar-refractivity contribution in [3.63, 3.8) is 0 Å². The third kappa shape index (κ3) is 3.15. The van der Waals surface area contributed by atoms with Crippen molar-refractivity contribution < 1.29 is 14.3 Å². The number of halogens is 1. The van der Waals surface area contributed by atoms with Crippen molar-refractivity contribution in [3.05, 3.63) is 65.0 Å². The van der Waals surface area contributed by atoms with E-state index >= 15 is 0 Å². The molecule has 0 fully saturated rings. The molecule has 0 saturated carbocycles. The summed E-state index contributed by atoms with van der Waals surface area (Å²) in [5.41, 5.74) is 1.78. The van der Waals surface area contributed by atoms with Crippen LogP contribution in [0.5, 0.6) is 5.75 Å². The van der Waals surface area contributed by atoms with Gasteiger partial charge in [-0.05, 0) is 36.8 Å². The molecule has 0 unspecified atom stereocenters. The highest BCUT2D eigenvalue weighted by molar-refractivity contribution is 5.94. The number of benzene rings is 2. The lowest BCUT2D eigenvalue weighted by molar-refractivity contribution is 0.0780. The Labute approximate surface area is 117 Å².